The smallest absolute Gasteiger partial charge is 0.263 e. The fraction of sp³-hybridized carbons (Fsp3) is 0.636. The molecular weight excluding hydrogens is 238 g/mol. The highest BCUT2D eigenvalue weighted by atomic mass is 32.1. The molecule has 0 atom stereocenters. The Balaban J connectivity index is 1.71. The van der Waals surface area contributed by atoms with Crippen molar-refractivity contribution >= 4 is 17.2 Å². The molecule has 1 aliphatic heterocycles. The van der Waals surface area contributed by atoms with Crippen molar-refractivity contribution in [3.8, 4) is 0 Å². The van der Waals surface area contributed by atoms with Gasteiger partial charge in [0.2, 0.25) is 0 Å². The molecule has 6 heteroatoms. The number of carbonyl (C=O) groups excluding carboxylic acids is 1. The van der Waals surface area contributed by atoms with E-state index >= 15 is 0 Å². The molecule has 0 radical (unpaired) electrons. The SMILES string of the molecule is Cc1ncsc1C(=O)NCCN1CCOCC1. The van der Waals surface area contributed by atoms with Gasteiger partial charge in [-0.1, -0.05) is 0 Å². The van der Waals surface area contributed by atoms with E-state index in [1.54, 1.807) is 5.51 Å². The quantitative estimate of drug-likeness (QED) is 0.852. The fourth-order valence-electron chi connectivity index (χ4n) is 1.75. The number of amides is 1. The number of aromatic nitrogens is 1. The normalized spacial score (nSPS) is 17.0. The minimum Gasteiger partial charge on any atom is -0.379 e. The first-order valence-electron chi connectivity index (χ1n) is 5.76. The number of ether oxygens (including phenoxy) is 1. The van der Waals surface area contributed by atoms with Gasteiger partial charge in [0.1, 0.15) is 4.88 Å². The number of carbonyl (C=O) groups is 1. The molecule has 17 heavy (non-hydrogen) atoms. The fourth-order valence-corrected chi connectivity index (χ4v) is 2.47. The van der Waals surface area contributed by atoms with E-state index in [1.165, 1.54) is 11.3 Å². The lowest BCUT2D eigenvalue weighted by molar-refractivity contribution is 0.0383. The van der Waals surface area contributed by atoms with Crippen molar-refractivity contribution in [3.63, 3.8) is 0 Å². The highest BCUT2D eigenvalue weighted by Gasteiger charge is 2.13. The van der Waals surface area contributed by atoms with Crippen LogP contribution in [0.2, 0.25) is 0 Å². The van der Waals surface area contributed by atoms with Crippen LogP contribution in [0, 0.1) is 6.92 Å². The molecule has 1 aromatic rings. The summed E-state index contributed by atoms with van der Waals surface area (Å²) in [6.45, 7) is 6.91. The lowest BCUT2D eigenvalue weighted by atomic mass is 10.3. The molecule has 0 bridgehead atoms. The lowest BCUT2D eigenvalue weighted by Gasteiger charge is -2.26. The number of nitrogens with zero attached hydrogens (tertiary/aromatic N) is 2. The molecule has 1 fully saturated rings. The van der Waals surface area contributed by atoms with Gasteiger partial charge in [0, 0.05) is 26.2 Å². The lowest BCUT2D eigenvalue weighted by Crippen LogP contribution is -2.41. The van der Waals surface area contributed by atoms with Crippen LogP contribution in [0.5, 0.6) is 0 Å². The Bertz CT molecular complexity index is 375. The second kappa shape index (κ2) is 6.09. The largest absolute Gasteiger partial charge is 0.379 e. The minimum absolute atomic E-state index is 0.0155. The minimum atomic E-state index is -0.0155. The number of hydrogen-bond acceptors (Lipinski definition) is 5. The van der Waals surface area contributed by atoms with E-state index in [0.29, 0.717) is 11.4 Å². The first kappa shape index (κ1) is 12.5. The van der Waals surface area contributed by atoms with Gasteiger partial charge in [0.05, 0.1) is 24.4 Å². The van der Waals surface area contributed by atoms with Gasteiger partial charge in [-0.05, 0) is 6.92 Å². The zero-order chi connectivity index (χ0) is 12.1. The van der Waals surface area contributed by atoms with Crippen LogP contribution in [0.1, 0.15) is 15.4 Å². The second-order valence-corrected chi connectivity index (χ2v) is 4.83. The first-order valence-corrected chi connectivity index (χ1v) is 6.63. The van der Waals surface area contributed by atoms with Gasteiger partial charge in [-0.25, -0.2) is 4.98 Å². The topological polar surface area (TPSA) is 54.5 Å². The first-order chi connectivity index (χ1) is 8.27. The maximum Gasteiger partial charge on any atom is 0.263 e. The Labute approximate surface area is 105 Å². The van der Waals surface area contributed by atoms with Crippen molar-refractivity contribution in [1.82, 2.24) is 15.2 Å². The molecule has 0 aliphatic carbocycles. The Kier molecular flexibility index (Phi) is 4.47. The van der Waals surface area contributed by atoms with Crippen molar-refractivity contribution in [2.75, 3.05) is 39.4 Å². The van der Waals surface area contributed by atoms with Crippen LogP contribution in [-0.2, 0) is 4.74 Å². The molecule has 2 heterocycles. The zero-order valence-electron chi connectivity index (χ0n) is 9.94. The van der Waals surface area contributed by atoms with Gasteiger partial charge in [0.15, 0.2) is 0 Å². The average molecular weight is 255 g/mol. The maximum absolute atomic E-state index is 11.8. The van der Waals surface area contributed by atoms with Crippen LogP contribution in [0.25, 0.3) is 0 Å². The van der Waals surface area contributed by atoms with Crippen LogP contribution in [-0.4, -0.2) is 55.2 Å². The number of aryl methyl sites for hydroxylation is 1. The Morgan fingerprint density at radius 3 is 3.00 bits per heavy atom. The molecule has 1 aromatic heterocycles. The van der Waals surface area contributed by atoms with E-state index < -0.39 is 0 Å². The molecule has 1 aliphatic rings. The molecule has 0 spiro atoms. The molecule has 5 nitrogen and oxygen atoms in total. The van der Waals surface area contributed by atoms with Crippen molar-refractivity contribution < 1.29 is 9.53 Å². The van der Waals surface area contributed by atoms with E-state index in [1.807, 2.05) is 6.92 Å². The summed E-state index contributed by atoms with van der Waals surface area (Å²) >= 11 is 1.39. The third-order valence-electron chi connectivity index (χ3n) is 2.77. The number of nitrogens with one attached hydrogen (secondary N) is 1. The van der Waals surface area contributed by atoms with Crippen molar-refractivity contribution in [2.24, 2.45) is 0 Å². The van der Waals surface area contributed by atoms with Gasteiger partial charge in [-0.3, -0.25) is 9.69 Å². The predicted octanol–water partition coefficient (Wildman–Crippen LogP) is 0.514. The summed E-state index contributed by atoms with van der Waals surface area (Å²) in [6.07, 6.45) is 0. The third-order valence-corrected chi connectivity index (χ3v) is 3.70. The van der Waals surface area contributed by atoms with Crippen molar-refractivity contribution in [3.05, 3.63) is 16.1 Å². The molecule has 0 saturated carbocycles. The molecule has 1 amide bonds. The van der Waals surface area contributed by atoms with Crippen LogP contribution in [0.3, 0.4) is 0 Å². The van der Waals surface area contributed by atoms with Gasteiger partial charge in [0.25, 0.3) is 5.91 Å². The van der Waals surface area contributed by atoms with Gasteiger partial charge < -0.3 is 10.1 Å². The summed E-state index contributed by atoms with van der Waals surface area (Å²) in [7, 11) is 0. The average Bonchev–Trinajstić information content (AvgIpc) is 2.77. The van der Waals surface area contributed by atoms with E-state index in [0.717, 1.165) is 38.5 Å². The second-order valence-electron chi connectivity index (χ2n) is 3.98. The van der Waals surface area contributed by atoms with Gasteiger partial charge in [-0.2, -0.15) is 0 Å². The van der Waals surface area contributed by atoms with E-state index in [4.69, 9.17) is 4.74 Å². The van der Waals surface area contributed by atoms with Crippen LogP contribution in [0.4, 0.5) is 0 Å². The molecular formula is C11H17N3O2S. The highest BCUT2D eigenvalue weighted by Crippen LogP contribution is 2.11. The molecule has 2 rings (SSSR count). The van der Waals surface area contributed by atoms with Crippen LogP contribution >= 0.6 is 11.3 Å². The standard InChI is InChI=1S/C11H17N3O2S/c1-9-10(17-8-13-9)11(15)12-2-3-14-4-6-16-7-5-14/h8H,2-7H2,1H3,(H,12,15). The summed E-state index contributed by atoms with van der Waals surface area (Å²) < 4.78 is 5.27. The number of morpholine rings is 1. The van der Waals surface area contributed by atoms with E-state index in [-0.39, 0.29) is 5.91 Å². The number of hydrogen-bond donors (Lipinski definition) is 1. The summed E-state index contributed by atoms with van der Waals surface area (Å²) in [5.41, 5.74) is 2.51. The molecule has 0 unspecified atom stereocenters. The number of rotatable bonds is 4. The Morgan fingerprint density at radius 2 is 2.35 bits per heavy atom. The van der Waals surface area contributed by atoms with Crippen molar-refractivity contribution in [1.29, 1.82) is 0 Å². The molecule has 94 valence electrons. The van der Waals surface area contributed by atoms with E-state index in [9.17, 15) is 4.79 Å². The Morgan fingerprint density at radius 1 is 1.59 bits per heavy atom. The predicted molar refractivity (Wildman–Crippen MR) is 66.4 cm³/mol. The molecule has 1 N–H and O–H groups in total. The van der Waals surface area contributed by atoms with Gasteiger partial charge in [-0.15, -0.1) is 11.3 Å². The summed E-state index contributed by atoms with van der Waals surface area (Å²) in [5, 5.41) is 2.92. The maximum atomic E-state index is 11.8. The third kappa shape index (κ3) is 3.49. The van der Waals surface area contributed by atoms with Crippen molar-refractivity contribution in [2.45, 2.75) is 6.92 Å². The Hall–Kier alpha value is -0.980. The number of thiazole rings is 1. The summed E-state index contributed by atoms with van der Waals surface area (Å²) in [4.78, 5) is 18.9. The van der Waals surface area contributed by atoms with E-state index in [2.05, 4.69) is 15.2 Å². The van der Waals surface area contributed by atoms with Gasteiger partial charge >= 0.3 is 0 Å². The summed E-state index contributed by atoms with van der Waals surface area (Å²) in [6, 6.07) is 0. The van der Waals surface area contributed by atoms with Crippen LogP contribution in [0.15, 0.2) is 5.51 Å². The summed E-state index contributed by atoms with van der Waals surface area (Å²) in [5.74, 6) is -0.0155. The zero-order valence-corrected chi connectivity index (χ0v) is 10.8. The monoisotopic (exact) mass is 255 g/mol. The molecule has 0 aromatic carbocycles. The molecule has 1 saturated heterocycles. The van der Waals surface area contributed by atoms with Crippen LogP contribution < -0.4 is 5.32 Å². The highest BCUT2D eigenvalue weighted by molar-refractivity contribution is 7.11.